The molecule has 0 aliphatic rings. The Bertz CT molecular complexity index is 643. The van der Waals surface area contributed by atoms with Gasteiger partial charge in [-0.3, -0.25) is 4.79 Å². The second kappa shape index (κ2) is 9.60. The van der Waals surface area contributed by atoms with Gasteiger partial charge in [0.1, 0.15) is 12.4 Å². The Morgan fingerprint density at radius 2 is 1.83 bits per heavy atom. The summed E-state index contributed by atoms with van der Waals surface area (Å²) in [5.41, 5.74) is 1.20. The molecule has 1 amide bonds. The maximum absolute atomic E-state index is 12.3. The first-order valence-electron chi connectivity index (χ1n) is 7.98. The van der Waals surface area contributed by atoms with Crippen molar-refractivity contribution in [1.29, 1.82) is 0 Å². The van der Waals surface area contributed by atoms with E-state index in [4.69, 9.17) is 16.3 Å². The minimum atomic E-state index is -0.120. The maximum atomic E-state index is 12.3. The molecule has 0 saturated carbocycles. The topological polar surface area (TPSA) is 38.3 Å². The smallest absolute Gasteiger partial charge is 0.233 e. The van der Waals surface area contributed by atoms with E-state index in [0.29, 0.717) is 18.2 Å². The van der Waals surface area contributed by atoms with Crippen molar-refractivity contribution in [2.75, 3.05) is 13.2 Å². The first-order chi connectivity index (χ1) is 11.6. The summed E-state index contributed by atoms with van der Waals surface area (Å²) in [7, 11) is 0. The van der Waals surface area contributed by atoms with Crippen LogP contribution in [0.25, 0.3) is 0 Å². The lowest BCUT2D eigenvalue weighted by molar-refractivity contribution is -0.120. The van der Waals surface area contributed by atoms with Crippen LogP contribution in [0.15, 0.2) is 53.4 Å². The van der Waals surface area contributed by atoms with Gasteiger partial charge in [-0.15, -0.1) is 11.8 Å². The molecule has 0 aliphatic heterocycles. The molecular formula is C19H22ClNO2S. The summed E-state index contributed by atoms with van der Waals surface area (Å²) in [5.74, 6) is 0.849. The average Bonchev–Trinajstić information content (AvgIpc) is 2.59. The van der Waals surface area contributed by atoms with Crippen LogP contribution in [0.4, 0.5) is 0 Å². The Kier molecular flexibility index (Phi) is 7.47. The molecule has 1 unspecified atom stereocenters. The molecule has 0 saturated heterocycles. The van der Waals surface area contributed by atoms with Crippen LogP contribution in [0.3, 0.4) is 0 Å². The first kappa shape index (κ1) is 18.7. The Morgan fingerprint density at radius 3 is 2.46 bits per heavy atom. The highest BCUT2D eigenvalue weighted by Gasteiger charge is 2.17. The van der Waals surface area contributed by atoms with Crippen LogP contribution in [0.1, 0.15) is 18.9 Å². The summed E-state index contributed by atoms with van der Waals surface area (Å²) < 4.78 is 5.62. The van der Waals surface area contributed by atoms with Crippen LogP contribution in [0.5, 0.6) is 5.75 Å². The van der Waals surface area contributed by atoms with E-state index in [-0.39, 0.29) is 11.2 Å². The number of rotatable bonds is 8. The molecule has 5 heteroatoms. The summed E-state index contributed by atoms with van der Waals surface area (Å²) in [4.78, 5) is 13.3. The molecule has 0 spiro atoms. The molecule has 0 fully saturated rings. The number of carbonyl (C=O) groups is 1. The van der Waals surface area contributed by atoms with Crippen LogP contribution in [0, 0.1) is 6.92 Å². The molecule has 0 heterocycles. The van der Waals surface area contributed by atoms with Crippen LogP contribution in [0.2, 0.25) is 5.02 Å². The van der Waals surface area contributed by atoms with E-state index in [0.717, 1.165) is 17.1 Å². The minimum Gasteiger partial charge on any atom is -0.492 e. The molecule has 0 aliphatic carbocycles. The lowest BCUT2D eigenvalue weighted by Gasteiger charge is -2.15. The number of thioether (sulfide) groups is 1. The summed E-state index contributed by atoms with van der Waals surface area (Å²) >= 11 is 7.44. The van der Waals surface area contributed by atoms with Gasteiger partial charge in [-0.2, -0.15) is 0 Å². The molecule has 0 radical (unpaired) electrons. The number of halogens is 1. The van der Waals surface area contributed by atoms with Crippen molar-refractivity contribution in [2.45, 2.75) is 30.4 Å². The first-order valence-corrected chi connectivity index (χ1v) is 9.23. The number of ether oxygens (including phenoxy) is 1. The van der Waals surface area contributed by atoms with Crippen LogP contribution in [-0.2, 0) is 4.79 Å². The maximum Gasteiger partial charge on any atom is 0.233 e. The highest BCUT2D eigenvalue weighted by atomic mass is 35.5. The predicted octanol–water partition coefficient (Wildman–Crippen LogP) is 4.71. The molecule has 1 N–H and O–H groups in total. The van der Waals surface area contributed by atoms with Crippen LogP contribution in [-0.4, -0.2) is 24.3 Å². The van der Waals surface area contributed by atoms with E-state index in [2.05, 4.69) is 5.32 Å². The van der Waals surface area contributed by atoms with Gasteiger partial charge in [0.05, 0.1) is 11.8 Å². The molecular weight excluding hydrogens is 342 g/mol. The Labute approximate surface area is 152 Å². The SMILES string of the molecule is CCC(Sc1ccc(Cl)cc1)C(=O)NCCOc1ccc(C)cc1. The molecule has 2 rings (SSSR count). The fraction of sp³-hybridized carbons (Fsp3) is 0.316. The fourth-order valence-corrected chi connectivity index (χ4v) is 3.20. The third-order valence-corrected chi connectivity index (χ3v) is 5.07. The highest BCUT2D eigenvalue weighted by molar-refractivity contribution is 8.00. The van der Waals surface area contributed by atoms with Crippen molar-refractivity contribution in [3.63, 3.8) is 0 Å². The standard InChI is InChI=1S/C19H22ClNO2S/c1-3-18(24-17-10-6-15(20)7-11-17)19(22)21-12-13-23-16-8-4-14(2)5-9-16/h4-11,18H,3,12-13H2,1-2H3,(H,21,22). The molecule has 0 bridgehead atoms. The largest absolute Gasteiger partial charge is 0.492 e. The van der Waals surface area contributed by atoms with E-state index in [1.807, 2.05) is 62.4 Å². The van der Waals surface area contributed by atoms with Crippen molar-refractivity contribution >= 4 is 29.3 Å². The number of amides is 1. The molecule has 2 aromatic rings. The zero-order valence-electron chi connectivity index (χ0n) is 13.9. The minimum absolute atomic E-state index is 0.0324. The fourth-order valence-electron chi connectivity index (χ4n) is 2.09. The molecule has 0 aromatic heterocycles. The quantitative estimate of drug-likeness (QED) is 0.545. The summed E-state index contributed by atoms with van der Waals surface area (Å²) in [5, 5.41) is 3.52. The normalized spacial score (nSPS) is 11.8. The van der Waals surface area contributed by atoms with Crippen LogP contribution >= 0.6 is 23.4 Å². The second-order valence-corrected chi connectivity index (χ2v) is 7.13. The van der Waals surface area contributed by atoms with Crippen molar-refractivity contribution in [2.24, 2.45) is 0 Å². The zero-order chi connectivity index (χ0) is 17.4. The highest BCUT2D eigenvalue weighted by Crippen LogP contribution is 2.26. The Balaban J connectivity index is 1.75. The summed E-state index contributed by atoms with van der Waals surface area (Å²) in [6.45, 7) is 4.99. The van der Waals surface area contributed by atoms with E-state index >= 15 is 0 Å². The van der Waals surface area contributed by atoms with Gasteiger partial charge in [0.2, 0.25) is 5.91 Å². The average molecular weight is 364 g/mol. The van der Waals surface area contributed by atoms with Gasteiger partial charge in [-0.05, 0) is 49.7 Å². The van der Waals surface area contributed by atoms with Gasteiger partial charge in [0.25, 0.3) is 0 Å². The predicted molar refractivity (Wildman–Crippen MR) is 101 cm³/mol. The third-order valence-electron chi connectivity index (χ3n) is 3.45. The summed E-state index contributed by atoms with van der Waals surface area (Å²) in [6, 6.07) is 15.4. The van der Waals surface area contributed by atoms with E-state index in [1.54, 1.807) is 11.8 Å². The van der Waals surface area contributed by atoms with Crippen molar-refractivity contribution in [3.05, 3.63) is 59.1 Å². The number of hydrogen-bond donors (Lipinski definition) is 1. The van der Waals surface area contributed by atoms with Crippen LogP contribution < -0.4 is 10.1 Å². The molecule has 1 atom stereocenters. The zero-order valence-corrected chi connectivity index (χ0v) is 15.5. The van der Waals surface area contributed by atoms with Gasteiger partial charge >= 0.3 is 0 Å². The van der Waals surface area contributed by atoms with Crippen molar-refractivity contribution < 1.29 is 9.53 Å². The number of aryl methyl sites for hydroxylation is 1. The van der Waals surface area contributed by atoms with Gasteiger partial charge < -0.3 is 10.1 Å². The van der Waals surface area contributed by atoms with E-state index in [1.165, 1.54) is 5.56 Å². The van der Waals surface area contributed by atoms with Gasteiger partial charge in [-0.1, -0.05) is 36.2 Å². The molecule has 24 heavy (non-hydrogen) atoms. The number of benzene rings is 2. The number of carbonyl (C=O) groups excluding carboxylic acids is 1. The monoisotopic (exact) mass is 363 g/mol. The number of hydrogen-bond acceptors (Lipinski definition) is 3. The van der Waals surface area contributed by atoms with Gasteiger partial charge in [-0.25, -0.2) is 0 Å². The van der Waals surface area contributed by atoms with Crippen molar-refractivity contribution in [1.82, 2.24) is 5.32 Å². The summed E-state index contributed by atoms with van der Waals surface area (Å²) in [6.07, 6.45) is 0.762. The molecule has 3 nitrogen and oxygen atoms in total. The molecule has 2 aromatic carbocycles. The van der Waals surface area contributed by atoms with E-state index in [9.17, 15) is 4.79 Å². The van der Waals surface area contributed by atoms with Gasteiger partial charge in [0, 0.05) is 9.92 Å². The van der Waals surface area contributed by atoms with E-state index < -0.39 is 0 Å². The Morgan fingerprint density at radius 1 is 1.17 bits per heavy atom. The Hall–Kier alpha value is -1.65. The lowest BCUT2D eigenvalue weighted by atomic mass is 10.2. The van der Waals surface area contributed by atoms with Gasteiger partial charge in [0.15, 0.2) is 0 Å². The van der Waals surface area contributed by atoms with Crippen molar-refractivity contribution in [3.8, 4) is 5.75 Å². The number of nitrogens with one attached hydrogen (secondary N) is 1. The third kappa shape index (κ3) is 6.10. The molecule has 128 valence electrons. The second-order valence-electron chi connectivity index (χ2n) is 5.42. The lowest BCUT2D eigenvalue weighted by Crippen LogP contribution is -2.35.